The van der Waals surface area contributed by atoms with Crippen molar-refractivity contribution in [3.05, 3.63) is 4.91 Å². The van der Waals surface area contributed by atoms with E-state index in [1.807, 2.05) is 0 Å². The highest BCUT2D eigenvalue weighted by Gasteiger charge is 1.90. The van der Waals surface area contributed by atoms with Crippen LogP contribution >= 0.6 is 0 Å². The van der Waals surface area contributed by atoms with E-state index in [1.165, 1.54) is 5.34 Å². The molecule has 60 valence electrons. The maximum Gasteiger partial charge on any atom is 0.304 e. The molecule has 3 N–H and O–H groups in total. The highest BCUT2D eigenvalue weighted by Crippen LogP contribution is 1.70. The van der Waals surface area contributed by atoms with Gasteiger partial charge in [0.05, 0.1) is 6.42 Å². The van der Waals surface area contributed by atoms with Crippen LogP contribution in [0.2, 0.25) is 0 Å². The molecule has 10 heavy (non-hydrogen) atoms. The Morgan fingerprint density at radius 3 is 2.20 bits per heavy atom. The zero-order chi connectivity index (χ0) is 8.41. The fraction of sp³-hybridized carbons (Fsp3) is 0.750. The Hall–Kier alpha value is -1.17. The van der Waals surface area contributed by atoms with Crippen molar-refractivity contribution in [2.45, 2.75) is 6.42 Å². The van der Waals surface area contributed by atoms with Crippen molar-refractivity contribution in [3.63, 3.8) is 0 Å². The van der Waals surface area contributed by atoms with Crippen LogP contribution in [0.1, 0.15) is 6.42 Å². The predicted molar refractivity (Wildman–Crippen MR) is 33.8 cm³/mol. The van der Waals surface area contributed by atoms with Gasteiger partial charge in [0, 0.05) is 6.54 Å². The molecule has 0 aromatic rings. The molecule has 0 rings (SSSR count). The summed E-state index contributed by atoms with van der Waals surface area (Å²) in [7, 11) is 1.73. The summed E-state index contributed by atoms with van der Waals surface area (Å²) < 4.78 is 0. The van der Waals surface area contributed by atoms with Gasteiger partial charge in [-0.15, -0.1) is 4.91 Å². The van der Waals surface area contributed by atoms with Crippen molar-refractivity contribution < 1.29 is 15.1 Å². The molecule has 0 aromatic heterocycles. The second-order valence-corrected chi connectivity index (χ2v) is 1.33. The highest BCUT2D eigenvalue weighted by molar-refractivity contribution is 5.66. The molecule has 0 unspecified atom stereocenters. The molecule has 0 heterocycles. The Bertz CT molecular complexity index is 95.3. The zero-order valence-electron chi connectivity index (χ0n) is 5.57. The lowest BCUT2D eigenvalue weighted by atomic mass is 10.4. The molecular weight excluding hydrogens is 140 g/mol. The topological polar surface area (TPSA) is 99.0 Å². The molecule has 0 fully saturated rings. The van der Waals surface area contributed by atoms with E-state index in [1.54, 1.807) is 7.05 Å². The molecule has 0 atom stereocenters. The highest BCUT2D eigenvalue weighted by atomic mass is 16.6. The summed E-state index contributed by atoms with van der Waals surface area (Å²) in [5.41, 5.74) is 0. The number of carboxylic acids is 1. The van der Waals surface area contributed by atoms with Gasteiger partial charge in [0.2, 0.25) is 0 Å². The Morgan fingerprint density at radius 1 is 1.70 bits per heavy atom. The molecule has 0 spiro atoms. The van der Waals surface area contributed by atoms with Crippen LogP contribution in [0.4, 0.5) is 0 Å². The molecule has 0 bridgehead atoms. The van der Waals surface area contributed by atoms with E-state index in [2.05, 4.69) is 5.32 Å². The van der Waals surface area contributed by atoms with Crippen molar-refractivity contribution in [1.29, 1.82) is 0 Å². The van der Waals surface area contributed by atoms with Gasteiger partial charge in [-0.1, -0.05) is 0 Å². The summed E-state index contributed by atoms with van der Waals surface area (Å²) in [6.45, 7) is 0.551. The van der Waals surface area contributed by atoms with Crippen molar-refractivity contribution in [2.24, 2.45) is 5.34 Å². The fourth-order valence-corrected chi connectivity index (χ4v) is 0.232. The molecule has 0 aliphatic carbocycles. The molecule has 0 aliphatic rings. The first kappa shape index (κ1) is 11.6. The van der Waals surface area contributed by atoms with E-state index < -0.39 is 5.97 Å². The lowest BCUT2D eigenvalue weighted by Crippen LogP contribution is -2.11. The number of carboxylic acid groups (broad SMARTS) is 1. The van der Waals surface area contributed by atoms with Gasteiger partial charge in [0.15, 0.2) is 5.34 Å². The molecule has 0 radical (unpaired) electrons. The number of hydrogen-bond donors (Lipinski definition) is 3. The van der Waals surface area contributed by atoms with Gasteiger partial charge in [-0.05, 0) is 7.05 Å². The van der Waals surface area contributed by atoms with Crippen molar-refractivity contribution in [1.82, 2.24) is 5.32 Å². The quantitative estimate of drug-likeness (QED) is 0.383. The van der Waals surface area contributed by atoms with Crippen molar-refractivity contribution >= 4 is 5.97 Å². The molecule has 0 amide bonds. The normalized spacial score (nSPS) is 7.30. The Balaban J connectivity index is 0. The minimum absolute atomic E-state index is 0.205. The molecule has 6 nitrogen and oxygen atoms in total. The zero-order valence-corrected chi connectivity index (χ0v) is 5.57. The molecule has 0 aliphatic heterocycles. The van der Waals surface area contributed by atoms with Gasteiger partial charge in [-0.2, -0.15) is 0 Å². The molecule has 0 saturated heterocycles. The summed E-state index contributed by atoms with van der Waals surface area (Å²) in [6.07, 6.45) is 0.205. The number of nitrogens with one attached hydrogen (secondary N) is 1. The fourth-order valence-electron chi connectivity index (χ4n) is 0.232. The SMILES string of the molecule is CNCCC(=O)O.O=NO. The summed E-state index contributed by atoms with van der Waals surface area (Å²) in [6, 6.07) is 0. The van der Waals surface area contributed by atoms with Crippen LogP contribution in [0.25, 0.3) is 0 Å². The minimum Gasteiger partial charge on any atom is -0.481 e. The van der Waals surface area contributed by atoms with Crippen LogP contribution in [-0.2, 0) is 4.79 Å². The van der Waals surface area contributed by atoms with Crippen LogP contribution in [0.5, 0.6) is 0 Å². The first-order valence-corrected chi connectivity index (χ1v) is 2.52. The van der Waals surface area contributed by atoms with Gasteiger partial charge in [-0.3, -0.25) is 4.79 Å². The van der Waals surface area contributed by atoms with Crippen LogP contribution in [0.3, 0.4) is 0 Å². The molecule has 0 aromatic carbocycles. The van der Waals surface area contributed by atoms with Gasteiger partial charge in [0.25, 0.3) is 0 Å². The van der Waals surface area contributed by atoms with E-state index in [0.717, 1.165) is 0 Å². The van der Waals surface area contributed by atoms with Gasteiger partial charge in [0.1, 0.15) is 0 Å². The summed E-state index contributed by atoms with van der Waals surface area (Å²) in [5.74, 6) is -0.755. The first-order chi connectivity index (χ1) is 4.68. The Kier molecular flexibility index (Phi) is 12.5. The van der Waals surface area contributed by atoms with E-state index in [-0.39, 0.29) is 6.42 Å². The lowest BCUT2D eigenvalue weighted by molar-refractivity contribution is -0.136. The molecule has 6 heteroatoms. The standard InChI is InChI=1S/C4H9NO2.HNO2/c1-5-3-2-4(6)7;2-1-3/h5H,2-3H2,1H3,(H,6,7);(H,2,3). The average Bonchev–Trinajstić information content (AvgIpc) is 1.85. The third kappa shape index (κ3) is 29.0. The summed E-state index contributed by atoms with van der Waals surface area (Å²) in [4.78, 5) is 17.8. The second kappa shape index (κ2) is 10.7. The second-order valence-electron chi connectivity index (χ2n) is 1.33. The van der Waals surface area contributed by atoms with Crippen LogP contribution < -0.4 is 5.32 Å². The Labute approximate surface area is 57.8 Å². The van der Waals surface area contributed by atoms with Gasteiger partial charge in [-0.25, -0.2) is 0 Å². The molecule has 0 saturated carbocycles. The van der Waals surface area contributed by atoms with Crippen LogP contribution in [0.15, 0.2) is 5.34 Å². The number of nitrogens with zero attached hydrogens (tertiary/aromatic N) is 1. The van der Waals surface area contributed by atoms with E-state index in [4.69, 9.17) is 15.2 Å². The van der Waals surface area contributed by atoms with Crippen molar-refractivity contribution in [2.75, 3.05) is 13.6 Å². The van der Waals surface area contributed by atoms with E-state index in [9.17, 15) is 4.79 Å². The predicted octanol–water partition coefficient (Wildman–Crippen LogP) is -0.177. The average molecular weight is 150 g/mol. The smallest absolute Gasteiger partial charge is 0.304 e. The summed E-state index contributed by atoms with van der Waals surface area (Å²) in [5, 5.41) is 18.6. The van der Waals surface area contributed by atoms with Gasteiger partial charge >= 0.3 is 5.97 Å². The Morgan fingerprint density at radius 2 is 2.10 bits per heavy atom. The minimum atomic E-state index is -0.755. The summed E-state index contributed by atoms with van der Waals surface area (Å²) >= 11 is 0. The third-order valence-electron chi connectivity index (χ3n) is 0.589. The van der Waals surface area contributed by atoms with Gasteiger partial charge < -0.3 is 15.6 Å². The number of rotatable bonds is 3. The third-order valence-corrected chi connectivity index (χ3v) is 0.589. The number of hydrogen-bond acceptors (Lipinski definition) is 4. The largest absolute Gasteiger partial charge is 0.481 e. The first-order valence-electron chi connectivity index (χ1n) is 2.52. The maximum atomic E-state index is 9.72. The monoisotopic (exact) mass is 150 g/mol. The molecular formula is C4H10N2O4. The van der Waals surface area contributed by atoms with E-state index >= 15 is 0 Å². The van der Waals surface area contributed by atoms with Crippen LogP contribution in [0, 0.1) is 4.91 Å². The number of aliphatic carboxylic acids is 1. The van der Waals surface area contributed by atoms with Crippen molar-refractivity contribution in [3.8, 4) is 0 Å². The number of carbonyl (C=O) groups is 1. The van der Waals surface area contributed by atoms with E-state index in [0.29, 0.717) is 6.54 Å². The lowest BCUT2D eigenvalue weighted by Gasteiger charge is -1.88. The van der Waals surface area contributed by atoms with Crippen LogP contribution in [-0.4, -0.2) is 29.9 Å². The maximum absolute atomic E-state index is 9.72.